The molecule has 2 N–H and O–H groups in total. The summed E-state index contributed by atoms with van der Waals surface area (Å²) in [5, 5.41) is 2.04. The highest BCUT2D eigenvalue weighted by Gasteiger charge is 1.96. The molecule has 48 valence electrons. The topological polar surface area (TPSA) is 26.0 Å². The van der Waals surface area contributed by atoms with Crippen LogP contribution in [0.2, 0.25) is 0 Å². The molecule has 0 bridgehead atoms. The lowest BCUT2D eigenvalue weighted by Gasteiger charge is -1.85. The van der Waals surface area contributed by atoms with Crippen molar-refractivity contribution in [3.63, 3.8) is 0 Å². The Labute approximate surface area is 63.5 Å². The molecule has 0 saturated carbocycles. The first kappa shape index (κ1) is 6.71. The second-order valence-electron chi connectivity index (χ2n) is 1.85. The minimum Gasteiger partial charge on any atom is -0.389 e. The molecule has 0 saturated heterocycles. The van der Waals surface area contributed by atoms with Gasteiger partial charge in [0.15, 0.2) is 0 Å². The highest BCUT2D eigenvalue weighted by atomic mass is 32.1. The molecular formula is C6H7NS2. The van der Waals surface area contributed by atoms with E-state index in [1.807, 2.05) is 18.4 Å². The fourth-order valence-corrected chi connectivity index (χ4v) is 1.51. The molecule has 0 amide bonds. The van der Waals surface area contributed by atoms with Gasteiger partial charge in [0.2, 0.25) is 0 Å². The van der Waals surface area contributed by atoms with Gasteiger partial charge < -0.3 is 5.73 Å². The summed E-state index contributed by atoms with van der Waals surface area (Å²) in [7, 11) is 0. The monoisotopic (exact) mass is 157 g/mol. The van der Waals surface area contributed by atoms with Crippen LogP contribution >= 0.6 is 23.6 Å². The van der Waals surface area contributed by atoms with Gasteiger partial charge in [-0.3, -0.25) is 0 Å². The lowest BCUT2D eigenvalue weighted by molar-refractivity contribution is 1.55. The predicted octanol–water partition coefficient (Wildman–Crippen LogP) is 1.69. The Kier molecular flexibility index (Phi) is 1.83. The van der Waals surface area contributed by atoms with Gasteiger partial charge in [0, 0.05) is 0 Å². The zero-order valence-electron chi connectivity index (χ0n) is 5.05. The van der Waals surface area contributed by atoms with Crippen LogP contribution in [0.5, 0.6) is 0 Å². The summed E-state index contributed by atoms with van der Waals surface area (Å²) in [6.07, 6.45) is 0. The fourth-order valence-electron chi connectivity index (χ4n) is 0.560. The van der Waals surface area contributed by atoms with Crippen molar-refractivity contribution in [1.82, 2.24) is 0 Å². The SMILES string of the molecule is Cc1csc(C(N)=S)c1. The molecule has 0 atom stereocenters. The maximum Gasteiger partial charge on any atom is 0.114 e. The molecule has 0 aliphatic rings. The molecule has 1 nitrogen and oxygen atoms in total. The smallest absolute Gasteiger partial charge is 0.114 e. The second-order valence-corrected chi connectivity index (χ2v) is 3.20. The minimum absolute atomic E-state index is 0.494. The van der Waals surface area contributed by atoms with Crippen molar-refractivity contribution in [2.24, 2.45) is 5.73 Å². The van der Waals surface area contributed by atoms with Gasteiger partial charge in [0.25, 0.3) is 0 Å². The summed E-state index contributed by atoms with van der Waals surface area (Å²) in [6, 6.07) is 1.99. The third-order valence-corrected chi connectivity index (χ3v) is 2.40. The van der Waals surface area contributed by atoms with E-state index in [4.69, 9.17) is 18.0 Å². The molecule has 0 aliphatic heterocycles. The summed E-state index contributed by atoms with van der Waals surface area (Å²) in [5.74, 6) is 0. The van der Waals surface area contributed by atoms with E-state index in [9.17, 15) is 0 Å². The normalized spacial score (nSPS) is 9.44. The maximum atomic E-state index is 5.37. The van der Waals surface area contributed by atoms with E-state index in [0.717, 1.165) is 4.88 Å². The quantitative estimate of drug-likeness (QED) is 0.628. The maximum absolute atomic E-state index is 5.37. The van der Waals surface area contributed by atoms with E-state index >= 15 is 0 Å². The van der Waals surface area contributed by atoms with Crippen molar-refractivity contribution in [3.8, 4) is 0 Å². The van der Waals surface area contributed by atoms with E-state index < -0.39 is 0 Å². The lowest BCUT2D eigenvalue weighted by Crippen LogP contribution is -2.06. The van der Waals surface area contributed by atoms with Crippen molar-refractivity contribution in [2.45, 2.75) is 6.92 Å². The number of hydrogen-bond acceptors (Lipinski definition) is 2. The van der Waals surface area contributed by atoms with E-state index in [2.05, 4.69) is 0 Å². The van der Waals surface area contributed by atoms with Crippen LogP contribution in [0.3, 0.4) is 0 Å². The number of thiocarbonyl (C=S) groups is 1. The van der Waals surface area contributed by atoms with Crippen LogP contribution in [0.1, 0.15) is 10.4 Å². The van der Waals surface area contributed by atoms with Crippen molar-refractivity contribution in [1.29, 1.82) is 0 Å². The zero-order valence-corrected chi connectivity index (χ0v) is 6.68. The Bertz CT molecular complexity index is 227. The van der Waals surface area contributed by atoms with Gasteiger partial charge in [-0.05, 0) is 23.9 Å². The molecule has 1 heterocycles. The van der Waals surface area contributed by atoms with Crippen LogP contribution in [0.25, 0.3) is 0 Å². The highest BCUT2D eigenvalue weighted by Crippen LogP contribution is 2.12. The van der Waals surface area contributed by atoms with E-state index in [0.29, 0.717) is 4.99 Å². The van der Waals surface area contributed by atoms with Gasteiger partial charge in [0.05, 0.1) is 4.88 Å². The molecule has 3 heteroatoms. The number of nitrogens with two attached hydrogens (primary N) is 1. The Balaban J connectivity index is 2.98. The van der Waals surface area contributed by atoms with Crippen LogP contribution in [-0.4, -0.2) is 4.99 Å². The standard InChI is InChI=1S/C6H7NS2/c1-4-2-5(6(7)8)9-3-4/h2-3H,1H3,(H2,7,8). The van der Waals surface area contributed by atoms with Crippen LogP contribution in [0, 0.1) is 6.92 Å². The first-order chi connectivity index (χ1) is 4.20. The molecule has 1 aromatic rings. The molecule has 0 aromatic carbocycles. The first-order valence-corrected chi connectivity index (χ1v) is 3.84. The number of aryl methyl sites for hydroxylation is 1. The second kappa shape index (κ2) is 2.45. The Morgan fingerprint density at radius 3 is 2.67 bits per heavy atom. The summed E-state index contributed by atoms with van der Waals surface area (Å²) in [6.45, 7) is 2.03. The molecule has 1 aromatic heterocycles. The Morgan fingerprint density at radius 2 is 2.44 bits per heavy atom. The third kappa shape index (κ3) is 1.50. The van der Waals surface area contributed by atoms with E-state index in [1.165, 1.54) is 5.56 Å². The molecule has 9 heavy (non-hydrogen) atoms. The predicted molar refractivity (Wildman–Crippen MR) is 44.9 cm³/mol. The van der Waals surface area contributed by atoms with Crippen LogP contribution in [0.4, 0.5) is 0 Å². The van der Waals surface area contributed by atoms with Gasteiger partial charge in [-0.2, -0.15) is 0 Å². The summed E-state index contributed by atoms with van der Waals surface area (Å²) < 4.78 is 0. The fraction of sp³-hybridized carbons (Fsp3) is 0.167. The van der Waals surface area contributed by atoms with Gasteiger partial charge in [0.1, 0.15) is 4.99 Å². The number of thiophene rings is 1. The summed E-state index contributed by atoms with van der Waals surface area (Å²) in [4.78, 5) is 1.50. The molecule has 0 radical (unpaired) electrons. The van der Waals surface area contributed by atoms with Gasteiger partial charge >= 0.3 is 0 Å². The third-order valence-electron chi connectivity index (χ3n) is 0.973. The van der Waals surface area contributed by atoms with E-state index in [-0.39, 0.29) is 0 Å². The summed E-state index contributed by atoms with van der Waals surface area (Å²) in [5.41, 5.74) is 6.59. The summed E-state index contributed by atoms with van der Waals surface area (Å²) >= 11 is 6.36. The minimum atomic E-state index is 0.494. The van der Waals surface area contributed by atoms with Crippen LogP contribution < -0.4 is 5.73 Å². The Morgan fingerprint density at radius 1 is 1.78 bits per heavy atom. The van der Waals surface area contributed by atoms with Crippen molar-refractivity contribution >= 4 is 28.5 Å². The molecule has 0 unspecified atom stereocenters. The molecule has 1 rings (SSSR count). The van der Waals surface area contributed by atoms with Crippen molar-refractivity contribution < 1.29 is 0 Å². The van der Waals surface area contributed by atoms with Crippen molar-refractivity contribution in [2.75, 3.05) is 0 Å². The van der Waals surface area contributed by atoms with Crippen LogP contribution in [-0.2, 0) is 0 Å². The van der Waals surface area contributed by atoms with Gasteiger partial charge in [-0.25, -0.2) is 0 Å². The molecule has 0 aliphatic carbocycles. The largest absolute Gasteiger partial charge is 0.389 e. The number of rotatable bonds is 1. The average molecular weight is 157 g/mol. The van der Waals surface area contributed by atoms with Gasteiger partial charge in [-0.15, -0.1) is 11.3 Å². The lowest BCUT2D eigenvalue weighted by atomic mass is 10.3. The van der Waals surface area contributed by atoms with Crippen LogP contribution in [0.15, 0.2) is 11.4 Å². The molecule has 0 fully saturated rings. The molecular weight excluding hydrogens is 150 g/mol. The zero-order chi connectivity index (χ0) is 6.85. The van der Waals surface area contributed by atoms with E-state index in [1.54, 1.807) is 11.3 Å². The highest BCUT2D eigenvalue weighted by molar-refractivity contribution is 7.81. The molecule has 0 spiro atoms. The number of hydrogen-bond donors (Lipinski definition) is 1. The van der Waals surface area contributed by atoms with Gasteiger partial charge in [-0.1, -0.05) is 12.2 Å². The first-order valence-electron chi connectivity index (χ1n) is 2.55. The van der Waals surface area contributed by atoms with Crippen molar-refractivity contribution in [3.05, 3.63) is 21.9 Å². The Hall–Kier alpha value is -0.410. The average Bonchev–Trinajstić information content (AvgIpc) is 2.14.